The van der Waals surface area contributed by atoms with E-state index < -0.39 is 0 Å². The number of hydrogen-bond acceptors (Lipinski definition) is 6. The number of nitrogens with one attached hydrogen (secondary N) is 1. The van der Waals surface area contributed by atoms with Crippen LogP contribution in [0.5, 0.6) is 0 Å². The van der Waals surface area contributed by atoms with E-state index in [2.05, 4.69) is 25.4 Å². The molecule has 0 aliphatic carbocycles. The summed E-state index contributed by atoms with van der Waals surface area (Å²) in [5.41, 5.74) is 6.88. The Hall–Kier alpha value is -2.77. The summed E-state index contributed by atoms with van der Waals surface area (Å²) in [6.45, 7) is 0. The fraction of sp³-hybridized carbons (Fsp3) is 0.100. The molecule has 90 valence electrons. The van der Waals surface area contributed by atoms with Crippen LogP contribution in [0.15, 0.2) is 12.4 Å². The minimum atomic E-state index is 0.343. The lowest BCUT2D eigenvalue weighted by Crippen LogP contribution is -1.97. The first-order valence-electron chi connectivity index (χ1n) is 5.15. The number of nitrogens with two attached hydrogens (primary N) is 1. The molecule has 18 heavy (non-hydrogen) atoms. The summed E-state index contributed by atoms with van der Waals surface area (Å²) in [6, 6.07) is 1.77. The first-order chi connectivity index (χ1) is 8.70. The summed E-state index contributed by atoms with van der Waals surface area (Å²) >= 11 is 0. The zero-order valence-electron chi connectivity index (χ0n) is 9.45. The Morgan fingerprint density at radius 1 is 1.39 bits per heavy atom. The molecule has 3 rings (SSSR count). The molecule has 3 aromatic heterocycles. The second-order valence-electron chi connectivity index (χ2n) is 3.72. The molecule has 8 heteroatoms. The molecule has 0 atom stereocenters. The molecular weight excluding hydrogens is 234 g/mol. The summed E-state index contributed by atoms with van der Waals surface area (Å²) in [5.74, 6) is 0.774. The minimum absolute atomic E-state index is 0.343. The van der Waals surface area contributed by atoms with Crippen molar-refractivity contribution in [3.05, 3.63) is 12.4 Å². The van der Waals surface area contributed by atoms with Crippen LogP contribution in [0.2, 0.25) is 0 Å². The van der Waals surface area contributed by atoms with Gasteiger partial charge in [0.25, 0.3) is 0 Å². The lowest BCUT2D eigenvalue weighted by Gasteiger charge is -2.00. The van der Waals surface area contributed by atoms with E-state index in [9.17, 15) is 4.79 Å². The molecule has 3 heterocycles. The molecule has 0 fully saturated rings. The maximum atomic E-state index is 10.5. The molecule has 0 bridgehead atoms. The van der Waals surface area contributed by atoms with Gasteiger partial charge < -0.3 is 11.1 Å². The van der Waals surface area contributed by atoms with Gasteiger partial charge in [0.05, 0.1) is 10.8 Å². The third-order valence-electron chi connectivity index (χ3n) is 2.64. The van der Waals surface area contributed by atoms with E-state index in [-0.39, 0.29) is 0 Å². The molecule has 0 unspecified atom stereocenters. The second-order valence-corrected chi connectivity index (χ2v) is 3.72. The fourth-order valence-electron chi connectivity index (χ4n) is 1.83. The highest BCUT2D eigenvalue weighted by Crippen LogP contribution is 2.25. The second kappa shape index (κ2) is 3.62. The summed E-state index contributed by atoms with van der Waals surface area (Å²) < 4.78 is 1.57. The quantitative estimate of drug-likeness (QED) is 0.615. The number of fused-ring (bicyclic) bond motifs is 2. The number of carbonyl (C=O) groups excluding carboxylic acids is 1. The van der Waals surface area contributed by atoms with Gasteiger partial charge in [0.2, 0.25) is 6.41 Å². The molecule has 0 aliphatic heterocycles. The maximum Gasteiger partial charge on any atom is 0.212 e. The third-order valence-corrected chi connectivity index (χ3v) is 2.64. The molecular formula is C10H9N7O. The van der Waals surface area contributed by atoms with Crippen molar-refractivity contribution in [2.75, 3.05) is 11.1 Å². The molecule has 8 nitrogen and oxygen atoms in total. The number of anilines is 2. The van der Waals surface area contributed by atoms with Crippen molar-refractivity contribution < 1.29 is 4.79 Å². The van der Waals surface area contributed by atoms with Crippen molar-refractivity contribution in [2.45, 2.75) is 0 Å². The highest BCUT2D eigenvalue weighted by molar-refractivity contribution is 6.00. The molecule has 3 N–H and O–H groups in total. The Labute approximate surface area is 101 Å². The Morgan fingerprint density at radius 2 is 2.22 bits per heavy atom. The van der Waals surface area contributed by atoms with Gasteiger partial charge in [-0.15, -0.1) is 0 Å². The summed E-state index contributed by atoms with van der Waals surface area (Å²) in [5, 5.41) is 8.00. The monoisotopic (exact) mass is 243 g/mol. The number of rotatable bonds is 2. The molecule has 0 saturated carbocycles. The van der Waals surface area contributed by atoms with Crippen molar-refractivity contribution in [3.8, 4) is 0 Å². The van der Waals surface area contributed by atoms with E-state index in [4.69, 9.17) is 5.73 Å². The Morgan fingerprint density at radius 3 is 3.00 bits per heavy atom. The Bertz CT molecular complexity index is 764. The van der Waals surface area contributed by atoms with Crippen LogP contribution < -0.4 is 11.1 Å². The lowest BCUT2D eigenvalue weighted by atomic mass is 10.2. The van der Waals surface area contributed by atoms with Crippen molar-refractivity contribution in [1.29, 1.82) is 0 Å². The van der Waals surface area contributed by atoms with Gasteiger partial charge in [-0.3, -0.25) is 4.79 Å². The Balaban J connectivity index is 2.43. The van der Waals surface area contributed by atoms with Gasteiger partial charge in [-0.1, -0.05) is 0 Å². The number of nitrogen functional groups attached to an aromatic ring is 1. The molecule has 0 radical (unpaired) electrons. The zero-order valence-corrected chi connectivity index (χ0v) is 9.45. The fourth-order valence-corrected chi connectivity index (χ4v) is 1.83. The van der Waals surface area contributed by atoms with Gasteiger partial charge >= 0.3 is 0 Å². The van der Waals surface area contributed by atoms with E-state index >= 15 is 0 Å². The van der Waals surface area contributed by atoms with E-state index in [1.807, 2.05) is 0 Å². The third kappa shape index (κ3) is 1.35. The van der Waals surface area contributed by atoms with Crippen molar-refractivity contribution in [2.24, 2.45) is 7.05 Å². The van der Waals surface area contributed by atoms with Crippen LogP contribution in [0.25, 0.3) is 22.1 Å². The van der Waals surface area contributed by atoms with Crippen LogP contribution in [0.4, 0.5) is 11.6 Å². The number of carbonyl (C=O) groups is 1. The average molecular weight is 243 g/mol. The van der Waals surface area contributed by atoms with Crippen molar-refractivity contribution in [3.63, 3.8) is 0 Å². The topological polar surface area (TPSA) is 112 Å². The molecule has 0 saturated heterocycles. The SMILES string of the molecule is Cn1nc(NC=O)c2cc3c(N)ncnc3nc21. The largest absolute Gasteiger partial charge is 0.383 e. The average Bonchev–Trinajstić information content (AvgIpc) is 2.65. The number of amides is 1. The van der Waals surface area contributed by atoms with E-state index in [1.165, 1.54) is 6.33 Å². The molecule has 0 aliphatic rings. The van der Waals surface area contributed by atoms with E-state index in [0.717, 1.165) is 0 Å². The normalized spacial score (nSPS) is 10.9. The summed E-state index contributed by atoms with van der Waals surface area (Å²) in [4.78, 5) is 22.8. The van der Waals surface area contributed by atoms with Gasteiger partial charge in [-0.05, 0) is 6.07 Å². The van der Waals surface area contributed by atoms with Crippen LogP contribution in [0.3, 0.4) is 0 Å². The van der Waals surface area contributed by atoms with Crippen LogP contribution in [-0.4, -0.2) is 31.1 Å². The smallest absolute Gasteiger partial charge is 0.212 e. The lowest BCUT2D eigenvalue weighted by molar-refractivity contribution is -0.105. The van der Waals surface area contributed by atoms with Crippen molar-refractivity contribution in [1.82, 2.24) is 24.7 Å². The predicted octanol–water partition coefficient (Wildman–Crippen LogP) is 0.0620. The zero-order chi connectivity index (χ0) is 12.7. The first-order valence-corrected chi connectivity index (χ1v) is 5.15. The first kappa shape index (κ1) is 10.4. The van der Waals surface area contributed by atoms with E-state index in [1.54, 1.807) is 17.8 Å². The highest BCUT2D eigenvalue weighted by atomic mass is 16.1. The molecule has 0 spiro atoms. The number of aromatic nitrogens is 5. The summed E-state index contributed by atoms with van der Waals surface area (Å²) in [6.07, 6.45) is 1.92. The predicted molar refractivity (Wildman–Crippen MR) is 65.7 cm³/mol. The number of hydrogen-bond donors (Lipinski definition) is 2. The molecule has 0 aromatic carbocycles. The highest BCUT2D eigenvalue weighted by Gasteiger charge is 2.12. The van der Waals surface area contributed by atoms with Gasteiger partial charge in [0, 0.05) is 7.05 Å². The number of nitrogens with zero attached hydrogens (tertiary/aromatic N) is 5. The van der Waals surface area contributed by atoms with E-state index in [0.29, 0.717) is 40.1 Å². The van der Waals surface area contributed by atoms with Crippen molar-refractivity contribution >= 4 is 40.1 Å². The van der Waals surface area contributed by atoms with Crippen LogP contribution in [-0.2, 0) is 11.8 Å². The van der Waals surface area contributed by atoms with Crippen LogP contribution in [0.1, 0.15) is 0 Å². The number of pyridine rings is 1. The molecule has 3 aromatic rings. The molecule has 1 amide bonds. The van der Waals surface area contributed by atoms with Gasteiger partial charge in [-0.2, -0.15) is 5.10 Å². The standard InChI is InChI=1S/C10H9N7O/c1-17-10-6(9(16-17)14-4-18)2-5-7(11)12-3-13-8(5)15-10/h2-4H,1H3,(H,14,16,18)(H2,11,12,13,15). The number of aryl methyl sites for hydroxylation is 1. The van der Waals surface area contributed by atoms with Gasteiger partial charge in [-0.25, -0.2) is 19.6 Å². The van der Waals surface area contributed by atoms with Gasteiger partial charge in [0.15, 0.2) is 17.1 Å². The van der Waals surface area contributed by atoms with Gasteiger partial charge in [0.1, 0.15) is 12.1 Å². The maximum absolute atomic E-state index is 10.5. The van der Waals surface area contributed by atoms with Crippen LogP contribution in [0, 0.1) is 0 Å². The Kier molecular flexibility index (Phi) is 2.09. The minimum Gasteiger partial charge on any atom is -0.383 e. The summed E-state index contributed by atoms with van der Waals surface area (Å²) in [7, 11) is 1.74. The van der Waals surface area contributed by atoms with Crippen LogP contribution >= 0.6 is 0 Å².